The zero-order valence-corrected chi connectivity index (χ0v) is 22.5. The van der Waals surface area contributed by atoms with Crippen LogP contribution in [0.5, 0.6) is 0 Å². The average molecular weight is 508 g/mol. The largest absolute Gasteiger partial charge is 0.389 e. The normalized spacial score (nSPS) is 25.6. The van der Waals surface area contributed by atoms with Gasteiger partial charge in [0.15, 0.2) is 0 Å². The van der Waals surface area contributed by atoms with Crippen LogP contribution >= 0.6 is 0 Å². The van der Waals surface area contributed by atoms with E-state index < -0.39 is 6.10 Å². The Morgan fingerprint density at radius 1 is 0.946 bits per heavy atom. The lowest BCUT2D eigenvalue weighted by molar-refractivity contribution is -0.0633. The standard InChI is InChI=1S/C30H41N3O4/c1-21-16-24(18-30(2,3)17-21)37-20-23(34)19-32-12-10-31(11-13-32)14-15-33-28(35)25-8-4-6-22-7-5-9-26(27(22)25)29(33)36/h4-9,21,23-24,34H,10-20H2,1-3H3/t21-,23-,24-/m0/s1. The summed E-state index contributed by atoms with van der Waals surface area (Å²) in [7, 11) is 0. The van der Waals surface area contributed by atoms with E-state index in [1.54, 1.807) is 0 Å². The summed E-state index contributed by atoms with van der Waals surface area (Å²) in [5, 5.41) is 12.3. The minimum absolute atomic E-state index is 0.202. The van der Waals surface area contributed by atoms with Crippen LogP contribution in [-0.2, 0) is 4.74 Å². The maximum atomic E-state index is 13.1. The monoisotopic (exact) mass is 507 g/mol. The van der Waals surface area contributed by atoms with Gasteiger partial charge in [-0.05, 0) is 48.1 Å². The van der Waals surface area contributed by atoms with Crippen molar-refractivity contribution in [2.75, 3.05) is 52.4 Å². The summed E-state index contributed by atoms with van der Waals surface area (Å²) in [4.78, 5) is 32.2. The number of benzene rings is 2. The lowest BCUT2D eigenvalue weighted by Gasteiger charge is -2.39. The molecule has 2 aromatic carbocycles. The van der Waals surface area contributed by atoms with Crippen LogP contribution in [0.3, 0.4) is 0 Å². The second-order valence-corrected chi connectivity index (χ2v) is 12.1. The van der Waals surface area contributed by atoms with Gasteiger partial charge in [0.05, 0.1) is 18.8 Å². The van der Waals surface area contributed by atoms with E-state index in [0.717, 1.165) is 49.8 Å². The molecule has 7 heteroatoms. The number of piperazine rings is 1. The van der Waals surface area contributed by atoms with Gasteiger partial charge in [0.25, 0.3) is 11.8 Å². The van der Waals surface area contributed by atoms with Gasteiger partial charge < -0.3 is 9.84 Å². The predicted molar refractivity (Wildman–Crippen MR) is 145 cm³/mol. The molecule has 37 heavy (non-hydrogen) atoms. The summed E-state index contributed by atoms with van der Waals surface area (Å²) >= 11 is 0. The van der Waals surface area contributed by atoms with Crippen molar-refractivity contribution in [1.29, 1.82) is 0 Å². The Labute approximate surface area is 220 Å². The number of imide groups is 1. The van der Waals surface area contributed by atoms with Gasteiger partial charge >= 0.3 is 0 Å². The van der Waals surface area contributed by atoms with Crippen molar-refractivity contribution in [3.63, 3.8) is 0 Å². The quantitative estimate of drug-likeness (QED) is 0.550. The number of aliphatic hydroxyl groups excluding tert-OH is 1. The summed E-state index contributed by atoms with van der Waals surface area (Å²) in [6.45, 7) is 12.4. The number of rotatable bonds is 8. The lowest BCUT2D eigenvalue weighted by atomic mass is 9.71. The van der Waals surface area contributed by atoms with E-state index in [0.29, 0.717) is 48.7 Å². The Morgan fingerprint density at radius 2 is 1.57 bits per heavy atom. The molecule has 1 saturated carbocycles. The summed E-state index contributed by atoms with van der Waals surface area (Å²) in [6.07, 6.45) is 3.13. The zero-order chi connectivity index (χ0) is 26.2. The van der Waals surface area contributed by atoms with Crippen molar-refractivity contribution in [2.45, 2.75) is 52.2 Å². The molecule has 2 aromatic rings. The first-order chi connectivity index (χ1) is 17.7. The van der Waals surface area contributed by atoms with Gasteiger partial charge in [-0.15, -0.1) is 0 Å². The van der Waals surface area contributed by atoms with Crippen LogP contribution in [0.4, 0.5) is 0 Å². The molecule has 1 aliphatic carbocycles. The first-order valence-electron chi connectivity index (χ1n) is 13.8. The number of carbonyl (C=O) groups is 2. The van der Waals surface area contributed by atoms with Crippen molar-refractivity contribution < 1.29 is 19.4 Å². The third kappa shape index (κ3) is 5.90. The van der Waals surface area contributed by atoms with Crippen molar-refractivity contribution in [2.24, 2.45) is 11.3 Å². The van der Waals surface area contributed by atoms with Crippen LogP contribution in [-0.4, -0.2) is 96.2 Å². The number of nitrogens with zero attached hydrogens (tertiary/aromatic N) is 3. The molecular formula is C30H41N3O4. The molecule has 0 unspecified atom stereocenters. The smallest absolute Gasteiger partial charge is 0.261 e. The summed E-state index contributed by atoms with van der Waals surface area (Å²) in [5.41, 5.74) is 1.53. The number of hydrogen-bond acceptors (Lipinski definition) is 6. The van der Waals surface area contributed by atoms with Crippen LogP contribution < -0.4 is 0 Å². The molecule has 1 N–H and O–H groups in total. The average Bonchev–Trinajstić information content (AvgIpc) is 2.85. The van der Waals surface area contributed by atoms with Gasteiger partial charge in [0.1, 0.15) is 0 Å². The molecule has 7 nitrogen and oxygen atoms in total. The third-order valence-electron chi connectivity index (χ3n) is 8.30. The summed E-state index contributed by atoms with van der Waals surface area (Å²) in [6, 6.07) is 11.3. The molecule has 2 heterocycles. The number of β-amino-alcohol motifs (C(OH)–C–C–N with tert-alkyl or cyclic N) is 1. The molecule has 200 valence electrons. The highest BCUT2D eigenvalue weighted by molar-refractivity contribution is 6.25. The molecular weight excluding hydrogens is 466 g/mol. The van der Waals surface area contributed by atoms with Crippen LogP contribution in [0.1, 0.15) is 60.7 Å². The minimum Gasteiger partial charge on any atom is -0.389 e. The van der Waals surface area contributed by atoms with E-state index in [-0.39, 0.29) is 17.9 Å². The van der Waals surface area contributed by atoms with E-state index in [1.165, 1.54) is 11.3 Å². The minimum atomic E-state index is -0.488. The van der Waals surface area contributed by atoms with Crippen molar-refractivity contribution in [1.82, 2.24) is 14.7 Å². The third-order valence-corrected chi connectivity index (χ3v) is 8.30. The lowest BCUT2D eigenvalue weighted by Crippen LogP contribution is -2.51. The van der Waals surface area contributed by atoms with Crippen LogP contribution in [0.15, 0.2) is 36.4 Å². The predicted octanol–water partition coefficient (Wildman–Crippen LogP) is 3.65. The number of ether oxygens (including phenoxy) is 1. The van der Waals surface area contributed by atoms with Gasteiger partial charge in [0, 0.05) is 62.3 Å². The highest BCUT2D eigenvalue weighted by Crippen LogP contribution is 2.39. The molecule has 2 amide bonds. The Hall–Kier alpha value is -2.32. The van der Waals surface area contributed by atoms with Crippen LogP contribution in [0, 0.1) is 11.3 Å². The molecule has 3 atom stereocenters. The Balaban J connectivity index is 1.07. The SMILES string of the molecule is C[C@H]1C[C@H](OC[C@@H](O)CN2CCN(CCN3C(=O)c4cccc5cccc(c45)C3=O)CC2)CC(C)(C)C1. The molecule has 0 radical (unpaired) electrons. The second-order valence-electron chi connectivity index (χ2n) is 12.1. The maximum absolute atomic E-state index is 13.1. The maximum Gasteiger partial charge on any atom is 0.261 e. The highest BCUT2D eigenvalue weighted by Gasteiger charge is 2.34. The fourth-order valence-electron chi connectivity index (χ4n) is 6.70. The van der Waals surface area contributed by atoms with Crippen molar-refractivity contribution >= 4 is 22.6 Å². The van der Waals surface area contributed by atoms with Gasteiger partial charge in [-0.2, -0.15) is 0 Å². The fourth-order valence-corrected chi connectivity index (χ4v) is 6.70. The van der Waals surface area contributed by atoms with Crippen LogP contribution in [0.2, 0.25) is 0 Å². The van der Waals surface area contributed by atoms with E-state index in [9.17, 15) is 14.7 Å². The number of hydrogen-bond donors (Lipinski definition) is 1. The Kier molecular flexibility index (Phi) is 7.68. The molecule has 1 saturated heterocycles. The summed E-state index contributed by atoms with van der Waals surface area (Å²) < 4.78 is 6.13. The van der Waals surface area contributed by atoms with E-state index in [2.05, 4.69) is 30.6 Å². The molecule has 0 spiro atoms. The molecule has 2 fully saturated rings. The second kappa shape index (κ2) is 10.8. The van der Waals surface area contributed by atoms with E-state index in [4.69, 9.17) is 4.74 Å². The van der Waals surface area contributed by atoms with Crippen LogP contribution in [0.25, 0.3) is 10.8 Å². The van der Waals surface area contributed by atoms with Gasteiger partial charge in [0.2, 0.25) is 0 Å². The highest BCUT2D eigenvalue weighted by atomic mass is 16.5. The van der Waals surface area contributed by atoms with Crippen molar-refractivity contribution in [3.8, 4) is 0 Å². The first kappa shape index (κ1) is 26.3. The fraction of sp³-hybridized carbons (Fsp3) is 0.600. The number of carbonyl (C=O) groups excluding carboxylic acids is 2. The van der Waals surface area contributed by atoms with Gasteiger partial charge in [-0.25, -0.2) is 0 Å². The Bertz CT molecular complexity index is 1090. The first-order valence-corrected chi connectivity index (χ1v) is 13.8. The topological polar surface area (TPSA) is 73.3 Å². The molecule has 2 aliphatic heterocycles. The number of aliphatic hydroxyl groups is 1. The Morgan fingerprint density at radius 3 is 2.19 bits per heavy atom. The molecule has 0 aromatic heterocycles. The molecule has 3 aliphatic rings. The van der Waals surface area contributed by atoms with Gasteiger partial charge in [-0.3, -0.25) is 24.3 Å². The van der Waals surface area contributed by atoms with E-state index >= 15 is 0 Å². The molecule has 5 rings (SSSR count). The molecule has 0 bridgehead atoms. The zero-order valence-electron chi connectivity index (χ0n) is 22.5. The number of amides is 2. The van der Waals surface area contributed by atoms with E-state index in [1.807, 2.05) is 36.4 Å². The van der Waals surface area contributed by atoms with Gasteiger partial charge in [-0.1, -0.05) is 45.0 Å². The summed E-state index contributed by atoms with van der Waals surface area (Å²) in [5.74, 6) is 0.261. The van der Waals surface area contributed by atoms with Crippen molar-refractivity contribution in [3.05, 3.63) is 47.5 Å².